The van der Waals surface area contributed by atoms with E-state index in [2.05, 4.69) is 17.4 Å². The van der Waals surface area contributed by atoms with Crippen molar-refractivity contribution in [1.82, 2.24) is 5.32 Å². The molecule has 3 nitrogen and oxygen atoms in total. The number of ether oxygens (including phenoxy) is 1. The summed E-state index contributed by atoms with van der Waals surface area (Å²) in [4.78, 5) is 12.9. The van der Waals surface area contributed by atoms with Crippen molar-refractivity contribution >= 4 is 17.7 Å². The second-order valence-corrected chi connectivity index (χ2v) is 5.78. The summed E-state index contributed by atoms with van der Waals surface area (Å²) in [5, 5.41) is 2.85. The molecule has 4 heteroatoms. The van der Waals surface area contributed by atoms with E-state index in [1.807, 2.05) is 49.4 Å². The third-order valence-electron chi connectivity index (χ3n) is 2.83. The van der Waals surface area contributed by atoms with Crippen molar-refractivity contribution in [1.29, 1.82) is 0 Å². The highest BCUT2D eigenvalue weighted by Crippen LogP contribution is 2.15. The van der Waals surface area contributed by atoms with Gasteiger partial charge in [0.2, 0.25) is 0 Å². The molecule has 0 aliphatic heterocycles. The third-order valence-corrected chi connectivity index (χ3v) is 3.84. The lowest BCUT2D eigenvalue weighted by Gasteiger charge is -2.07. The maximum atomic E-state index is 11.6. The van der Waals surface area contributed by atoms with Crippen LogP contribution in [0, 0.1) is 6.92 Å². The molecule has 0 aliphatic rings. The number of aryl methyl sites for hydroxylation is 1. The van der Waals surface area contributed by atoms with Crippen LogP contribution in [0.5, 0.6) is 5.75 Å². The van der Waals surface area contributed by atoms with E-state index < -0.39 is 0 Å². The largest absolute Gasteiger partial charge is 0.484 e. The van der Waals surface area contributed by atoms with Gasteiger partial charge in [0, 0.05) is 17.2 Å². The van der Waals surface area contributed by atoms with Crippen LogP contribution in [0.4, 0.5) is 0 Å². The lowest BCUT2D eigenvalue weighted by atomic mass is 10.2. The van der Waals surface area contributed by atoms with Crippen molar-refractivity contribution in [3.05, 3.63) is 60.2 Å². The molecule has 2 aromatic rings. The second kappa shape index (κ2) is 8.37. The number of rotatable bonds is 7. The average molecular weight is 301 g/mol. The van der Waals surface area contributed by atoms with Crippen LogP contribution in [0.25, 0.3) is 0 Å². The molecule has 0 aromatic heterocycles. The smallest absolute Gasteiger partial charge is 0.257 e. The van der Waals surface area contributed by atoms with Crippen LogP contribution < -0.4 is 10.1 Å². The molecule has 0 aliphatic carbocycles. The maximum Gasteiger partial charge on any atom is 0.257 e. The van der Waals surface area contributed by atoms with Gasteiger partial charge in [0.1, 0.15) is 5.75 Å². The number of carbonyl (C=O) groups is 1. The first-order valence-electron chi connectivity index (χ1n) is 6.88. The third kappa shape index (κ3) is 5.92. The summed E-state index contributed by atoms with van der Waals surface area (Å²) < 4.78 is 5.42. The van der Waals surface area contributed by atoms with E-state index in [1.54, 1.807) is 11.8 Å². The first kappa shape index (κ1) is 15.4. The van der Waals surface area contributed by atoms with Gasteiger partial charge in [-0.1, -0.05) is 35.9 Å². The standard InChI is InChI=1S/C17H19NO2S/c1-14-7-9-15(10-8-14)20-13-17(19)18-11-12-21-16-5-3-2-4-6-16/h2-10H,11-13H2,1H3,(H,18,19). The van der Waals surface area contributed by atoms with Crippen LogP contribution in [-0.2, 0) is 4.79 Å². The summed E-state index contributed by atoms with van der Waals surface area (Å²) >= 11 is 1.72. The fourth-order valence-electron chi connectivity index (χ4n) is 1.71. The van der Waals surface area contributed by atoms with E-state index in [0.717, 1.165) is 11.5 Å². The Hall–Kier alpha value is -1.94. The van der Waals surface area contributed by atoms with Gasteiger partial charge in [0.05, 0.1) is 0 Å². The van der Waals surface area contributed by atoms with Gasteiger partial charge in [-0.3, -0.25) is 4.79 Å². The van der Waals surface area contributed by atoms with Gasteiger partial charge in [0.15, 0.2) is 6.61 Å². The molecular weight excluding hydrogens is 282 g/mol. The number of amides is 1. The van der Waals surface area contributed by atoms with E-state index in [4.69, 9.17) is 4.74 Å². The molecular formula is C17H19NO2S. The fourth-order valence-corrected chi connectivity index (χ4v) is 2.50. The van der Waals surface area contributed by atoms with Crippen molar-refractivity contribution in [2.75, 3.05) is 18.9 Å². The molecule has 110 valence electrons. The van der Waals surface area contributed by atoms with Gasteiger partial charge in [-0.2, -0.15) is 0 Å². The van der Waals surface area contributed by atoms with Gasteiger partial charge in [-0.05, 0) is 31.2 Å². The number of thioether (sulfide) groups is 1. The molecule has 2 aromatic carbocycles. The zero-order valence-electron chi connectivity index (χ0n) is 12.0. The fraction of sp³-hybridized carbons (Fsp3) is 0.235. The SMILES string of the molecule is Cc1ccc(OCC(=O)NCCSc2ccccc2)cc1. The van der Waals surface area contributed by atoms with Crippen molar-refractivity contribution in [3.63, 3.8) is 0 Å². The van der Waals surface area contributed by atoms with E-state index >= 15 is 0 Å². The topological polar surface area (TPSA) is 38.3 Å². The maximum absolute atomic E-state index is 11.6. The minimum atomic E-state index is -0.0933. The monoisotopic (exact) mass is 301 g/mol. The molecule has 2 rings (SSSR count). The molecule has 0 saturated heterocycles. The van der Waals surface area contributed by atoms with Gasteiger partial charge in [0.25, 0.3) is 5.91 Å². The van der Waals surface area contributed by atoms with Crippen LogP contribution in [0.2, 0.25) is 0 Å². The lowest BCUT2D eigenvalue weighted by molar-refractivity contribution is -0.122. The van der Waals surface area contributed by atoms with E-state index in [9.17, 15) is 4.79 Å². The Morgan fingerprint density at radius 2 is 1.81 bits per heavy atom. The molecule has 1 amide bonds. The Morgan fingerprint density at radius 1 is 1.10 bits per heavy atom. The summed E-state index contributed by atoms with van der Waals surface area (Å²) in [7, 11) is 0. The van der Waals surface area contributed by atoms with Crippen LogP contribution in [0.15, 0.2) is 59.5 Å². The highest BCUT2D eigenvalue weighted by molar-refractivity contribution is 7.99. The lowest BCUT2D eigenvalue weighted by Crippen LogP contribution is -2.30. The number of carbonyl (C=O) groups excluding carboxylic acids is 1. The van der Waals surface area contributed by atoms with Crippen LogP contribution in [-0.4, -0.2) is 24.8 Å². The predicted octanol–water partition coefficient (Wildman–Crippen LogP) is 3.28. The van der Waals surface area contributed by atoms with Crippen molar-refractivity contribution in [2.24, 2.45) is 0 Å². The highest BCUT2D eigenvalue weighted by atomic mass is 32.2. The summed E-state index contributed by atoms with van der Waals surface area (Å²) in [5.41, 5.74) is 1.17. The van der Waals surface area contributed by atoms with Gasteiger partial charge < -0.3 is 10.1 Å². The molecule has 0 spiro atoms. The Balaban J connectivity index is 1.60. The molecule has 21 heavy (non-hydrogen) atoms. The van der Waals surface area contributed by atoms with Crippen LogP contribution in [0.3, 0.4) is 0 Å². The van der Waals surface area contributed by atoms with Gasteiger partial charge >= 0.3 is 0 Å². The number of hydrogen-bond acceptors (Lipinski definition) is 3. The van der Waals surface area contributed by atoms with Crippen molar-refractivity contribution < 1.29 is 9.53 Å². The molecule has 0 heterocycles. The van der Waals surface area contributed by atoms with E-state index in [-0.39, 0.29) is 12.5 Å². The molecule has 0 fully saturated rings. The number of nitrogens with one attached hydrogen (secondary N) is 1. The average Bonchev–Trinajstić information content (AvgIpc) is 2.52. The second-order valence-electron chi connectivity index (χ2n) is 4.61. The Labute approximate surface area is 129 Å². The minimum Gasteiger partial charge on any atom is -0.484 e. The summed E-state index contributed by atoms with van der Waals surface area (Å²) in [6, 6.07) is 17.8. The minimum absolute atomic E-state index is 0.0546. The normalized spacial score (nSPS) is 10.1. The van der Waals surface area contributed by atoms with Crippen molar-refractivity contribution in [3.8, 4) is 5.75 Å². The summed E-state index contributed by atoms with van der Waals surface area (Å²) in [5.74, 6) is 1.47. The van der Waals surface area contributed by atoms with Gasteiger partial charge in [-0.25, -0.2) is 0 Å². The van der Waals surface area contributed by atoms with Crippen molar-refractivity contribution in [2.45, 2.75) is 11.8 Å². The predicted molar refractivity (Wildman–Crippen MR) is 86.8 cm³/mol. The zero-order valence-corrected chi connectivity index (χ0v) is 12.9. The molecule has 0 atom stereocenters. The first-order valence-corrected chi connectivity index (χ1v) is 7.86. The summed E-state index contributed by atoms with van der Waals surface area (Å²) in [6.07, 6.45) is 0. The first-order chi connectivity index (χ1) is 10.2. The van der Waals surface area contributed by atoms with E-state index in [0.29, 0.717) is 6.54 Å². The Morgan fingerprint density at radius 3 is 2.52 bits per heavy atom. The van der Waals surface area contributed by atoms with E-state index in [1.165, 1.54) is 10.5 Å². The van der Waals surface area contributed by atoms with Crippen LogP contribution in [0.1, 0.15) is 5.56 Å². The van der Waals surface area contributed by atoms with Gasteiger partial charge in [-0.15, -0.1) is 11.8 Å². The molecule has 1 N–H and O–H groups in total. The van der Waals surface area contributed by atoms with Crippen LogP contribution >= 0.6 is 11.8 Å². The number of benzene rings is 2. The molecule has 0 unspecified atom stereocenters. The quantitative estimate of drug-likeness (QED) is 0.630. The Bertz CT molecular complexity index is 555. The zero-order chi connectivity index (χ0) is 14.9. The molecule has 0 radical (unpaired) electrons. The number of hydrogen-bond donors (Lipinski definition) is 1. The highest BCUT2D eigenvalue weighted by Gasteiger charge is 2.02. The Kier molecular flexibility index (Phi) is 6.16. The summed E-state index contributed by atoms with van der Waals surface area (Å²) in [6.45, 7) is 2.70. The molecule has 0 saturated carbocycles. The molecule has 0 bridgehead atoms.